The molecule has 1 N–H and O–H groups in total. The summed E-state index contributed by atoms with van der Waals surface area (Å²) in [7, 11) is 0. The van der Waals surface area contributed by atoms with Gasteiger partial charge in [0.15, 0.2) is 11.0 Å². The molecule has 0 spiro atoms. The molecule has 2 aromatic heterocycles. The second-order valence-corrected chi connectivity index (χ2v) is 9.26. The first kappa shape index (κ1) is 20.9. The topological polar surface area (TPSA) is 59.8 Å². The van der Waals surface area contributed by atoms with Crippen LogP contribution in [-0.4, -0.2) is 26.4 Å². The van der Waals surface area contributed by atoms with Gasteiger partial charge >= 0.3 is 0 Å². The Labute approximate surface area is 178 Å². The van der Waals surface area contributed by atoms with E-state index in [9.17, 15) is 4.79 Å². The van der Waals surface area contributed by atoms with Gasteiger partial charge in [-0.15, -0.1) is 21.5 Å². The molecule has 8 heteroatoms. The first-order valence-electron chi connectivity index (χ1n) is 9.00. The zero-order valence-electron chi connectivity index (χ0n) is 16.3. The summed E-state index contributed by atoms with van der Waals surface area (Å²) >= 11 is 9.01. The Morgan fingerprint density at radius 3 is 2.57 bits per heavy atom. The van der Waals surface area contributed by atoms with E-state index >= 15 is 0 Å². The average molecular weight is 435 g/mol. The van der Waals surface area contributed by atoms with Gasteiger partial charge in [0, 0.05) is 33.4 Å². The van der Waals surface area contributed by atoms with Gasteiger partial charge in [-0.3, -0.25) is 9.36 Å². The van der Waals surface area contributed by atoms with Gasteiger partial charge in [0.2, 0.25) is 5.91 Å². The highest BCUT2D eigenvalue weighted by Crippen LogP contribution is 2.33. The molecule has 0 aliphatic carbocycles. The van der Waals surface area contributed by atoms with Crippen molar-refractivity contribution in [2.24, 2.45) is 0 Å². The highest BCUT2D eigenvalue weighted by atomic mass is 35.5. The number of halogens is 1. The summed E-state index contributed by atoms with van der Waals surface area (Å²) in [6, 6.07) is 7.65. The zero-order chi connectivity index (χ0) is 20.3. The summed E-state index contributed by atoms with van der Waals surface area (Å²) in [5.74, 6) is 1.11. The van der Waals surface area contributed by atoms with Crippen molar-refractivity contribution in [1.29, 1.82) is 0 Å². The van der Waals surface area contributed by atoms with Crippen molar-refractivity contribution >= 4 is 40.6 Å². The molecule has 0 bridgehead atoms. The Morgan fingerprint density at radius 1 is 1.25 bits per heavy atom. The van der Waals surface area contributed by atoms with Crippen LogP contribution in [0.15, 0.2) is 34.8 Å². The van der Waals surface area contributed by atoms with E-state index < -0.39 is 0 Å². The van der Waals surface area contributed by atoms with Gasteiger partial charge in [0.1, 0.15) is 0 Å². The maximum Gasteiger partial charge on any atom is 0.230 e. The SMILES string of the molecule is Cc1scc(-c2nnc(SCC(=O)NCc3ccc(Cl)cc3)n2C(C)C)c1C. The van der Waals surface area contributed by atoms with Gasteiger partial charge in [0.05, 0.1) is 5.75 Å². The molecule has 0 aliphatic rings. The molecule has 5 nitrogen and oxygen atoms in total. The van der Waals surface area contributed by atoms with E-state index in [4.69, 9.17) is 11.6 Å². The van der Waals surface area contributed by atoms with E-state index in [1.807, 2.05) is 24.3 Å². The smallest absolute Gasteiger partial charge is 0.230 e. The molecule has 28 heavy (non-hydrogen) atoms. The van der Waals surface area contributed by atoms with Crippen molar-refractivity contribution < 1.29 is 4.79 Å². The molecule has 3 aromatic rings. The standard InChI is InChI=1S/C20H23ClN4OS2/c1-12(2)25-19(17-10-27-14(4)13(17)3)23-24-20(25)28-11-18(26)22-9-15-5-7-16(21)8-6-15/h5-8,10,12H,9,11H2,1-4H3,(H,22,26). The van der Waals surface area contributed by atoms with Gasteiger partial charge < -0.3 is 5.32 Å². The molecule has 0 saturated carbocycles. The lowest BCUT2D eigenvalue weighted by atomic mass is 10.1. The number of aryl methyl sites for hydroxylation is 1. The number of thioether (sulfide) groups is 1. The summed E-state index contributed by atoms with van der Waals surface area (Å²) in [4.78, 5) is 13.5. The Balaban J connectivity index is 1.66. The maximum absolute atomic E-state index is 12.3. The third-order valence-corrected chi connectivity index (χ3v) is 6.65. The number of benzene rings is 1. The highest BCUT2D eigenvalue weighted by molar-refractivity contribution is 7.99. The fourth-order valence-corrected chi connectivity index (χ4v) is 4.63. The van der Waals surface area contributed by atoms with Crippen molar-refractivity contribution in [3.8, 4) is 11.4 Å². The number of carbonyl (C=O) groups excluding carboxylic acids is 1. The van der Waals surface area contributed by atoms with Crippen molar-refractivity contribution in [3.63, 3.8) is 0 Å². The Kier molecular flexibility index (Phi) is 6.80. The number of carbonyl (C=O) groups is 1. The van der Waals surface area contributed by atoms with E-state index in [1.54, 1.807) is 11.3 Å². The lowest BCUT2D eigenvalue weighted by molar-refractivity contribution is -0.118. The van der Waals surface area contributed by atoms with E-state index in [2.05, 4.69) is 53.2 Å². The summed E-state index contributed by atoms with van der Waals surface area (Å²) in [5, 5.41) is 15.3. The van der Waals surface area contributed by atoms with Crippen LogP contribution in [-0.2, 0) is 11.3 Å². The van der Waals surface area contributed by atoms with E-state index in [0.29, 0.717) is 17.3 Å². The monoisotopic (exact) mass is 434 g/mol. The predicted octanol–water partition coefficient (Wildman–Crippen LogP) is 5.27. The molecule has 0 saturated heterocycles. The number of aromatic nitrogens is 3. The van der Waals surface area contributed by atoms with Crippen LogP contribution >= 0.6 is 34.7 Å². The van der Waals surface area contributed by atoms with Crippen LogP contribution in [0.4, 0.5) is 0 Å². The first-order valence-corrected chi connectivity index (χ1v) is 11.2. The van der Waals surface area contributed by atoms with Crippen molar-refractivity contribution in [1.82, 2.24) is 20.1 Å². The van der Waals surface area contributed by atoms with Crippen LogP contribution in [0.1, 0.15) is 35.9 Å². The van der Waals surface area contributed by atoms with Gasteiger partial charge in [0.25, 0.3) is 0 Å². The fourth-order valence-electron chi connectivity index (χ4n) is 2.74. The van der Waals surface area contributed by atoms with Gasteiger partial charge in [-0.25, -0.2) is 0 Å². The molecule has 0 aliphatic heterocycles. The summed E-state index contributed by atoms with van der Waals surface area (Å²) in [6.07, 6.45) is 0. The van der Waals surface area contributed by atoms with Crippen molar-refractivity contribution in [2.75, 3.05) is 5.75 Å². The van der Waals surface area contributed by atoms with E-state index in [0.717, 1.165) is 22.1 Å². The number of rotatable bonds is 7. The largest absolute Gasteiger partial charge is 0.351 e. The number of nitrogens with one attached hydrogen (secondary N) is 1. The first-order chi connectivity index (χ1) is 13.4. The maximum atomic E-state index is 12.3. The van der Waals surface area contributed by atoms with Crippen molar-refractivity contribution in [2.45, 2.75) is 45.4 Å². The molecule has 0 atom stereocenters. The van der Waals surface area contributed by atoms with Crippen LogP contribution in [0.25, 0.3) is 11.4 Å². The molecule has 1 amide bonds. The van der Waals surface area contributed by atoms with Gasteiger partial charge in [-0.05, 0) is 51.0 Å². The molecule has 2 heterocycles. The van der Waals surface area contributed by atoms with Crippen LogP contribution in [0.2, 0.25) is 5.02 Å². The second-order valence-electron chi connectivity index (χ2n) is 6.79. The predicted molar refractivity (Wildman–Crippen MR) is 117 cm³/mol. The molecular weight excluding hydrogens is 412 g/mol. The summed E-state index contributed by atoms with van der Waals surface area (Å²) in [5.41, 5.74) is 3.36. The van der Waals surface area contributed by atoms with Crippen LogP contribution in [0, 0.1) is 13.8 Å². The van der Waals surface area contributed by atoms with E-state index in [-0.39, 0.29) is 11.9 Å². The zero-order valence-corrected chi connectivity index (χ0v) is 18.7. The molecule has 148 valence electrons. The molecule has 1 aromatic carbocycles. The molecule has 0 fully saturated rings. The van der Waals surface area contributed by atoms with Crippen LogP contribution in [0.3, 0.4) is 0 Å². The number of amides is 1. The van der Waals surface area contributed by atoms with Crippen LogP contribution < -0.4 is 5.32 Å². The van der Waals surface area contributed by atoms with Gasteiger partial charge in [-0.2, -0.15) is 0 Å². The van der Waals surface area contributed by atoms with Gasteiger partial charge in [-0.1, -0.05) is 35.5 Å². The Hall–Kier alpha value is -1.83. The normalized spacial score (nSPS) is 11.2. The quantitative estimate of drug-likeness (QED) is 0.515. The van der Waals surface area contributed by atoms with Crippen molar-refractivity contribution in [3.05, 3.63) is 50.7 Å². The molecule has 3 rings (SSSR count). The molecule has 0 radical (unpaired) electrons. The fraction of sp³-hybridized carbons (Fsp3) is 0.350. The third-order valence-electron chi connectivity index (χ3n) is 4.44. The molecule has 0 unspecified atom stereocenters. The number of nitrogens with zero attached hydrogens (tertiary/aromatic N) is 3. The summed E-state index contributed by atoms with van der Waals surface area (Å²) < 4.78 is 2.10. The second kappa shape index (κ2) is 9.11. The Bertz CT molecular complexity index is 963. The average Bonchev–Trinajstić information content (AvgIpc) is 3.23. The minimum Gasteiger partial charge on any atom is -0.351 e. The third kappa shape index (κ3) is 4.77. The van der Waals surface area contributed by atoms with Crippen LogP contribution in [0.5, 0.6) is 0 Å². The minimum absolute atomic E-state index is 0.0395. The summed E-state index contributed by atoms with van der Waals surface area (Å²) in [6.45, 7) is 8.90. The van der Waals surface area contributed by atoms with E-state index in [1.165, 1.54) is 22.2 Å². The lowest BCUT2D eigenvalue weighted by Gasteiger charge is -2.13. The highest BCUT2D eigenvalue weighted by Gasteiger charge is 2.20. The molecular formula is C20H23ClN4OS2. The minimum atomic E-state index is -0.0395. The number of hydrogen-bond donors (Lipinski definition) is 1. The number of hydrogen-bond acceptors (Lipinski definition) is 5. The number of thiophene rings is 1. The Morgan fingerprint density at radius 2 is 1.96 bits per heavy atom. The lowest BCUT2D eigenvalue weighted by Crippen LogP contribution is -2.24.